The van der Waals surface area contributed by atoms with Crippen molar-refractivity contribution < 1.29 is 4.42 Å². The zero-order chi connectivity index (χ0) is 14.5. The lowest BCUT2D eigenvalue weighted by atomic mass is 10.2. The molecule has 0 aliphatic rings. The number of aryl methyl sites for hydroxylation is 1. The predicted octanol–water partition coefficient (Wildman–Crippen LogP) is 4.25. The number of nitrogens with zero attached hydrogens (tertiary/aromatic N) is 2. The summed E-state index contributed by atoms with van der Waals surface area (Å²) in [5, 5.41) is 2.12. The lowest BCUT2D eigenvalue weighted by molar-refractivity contribution is 0.227. The van der Waals surface area contributed by atoms with Crippen molar-refractivity contribution >= 4 is 11.3 Å². The minimum Gasteiger partial charge on any atom is -0.465 e. The molecular weight excluding hydrogens is 280 g/mol. The molecule has 3 nitrogen and oxygen atoms in total. The Bertz CT molecular complexity index is 661. The van der Waals surface area contributed by atoms with E-state index in [0.29, 0.717) is 0 Å². The van der Waals surface area contributed by atoms with Crippen molar-refractivity contribution in [1.82, 2.24) is 9.88 Å². The van der Waals surface area contributed by atoms with Crippen molar-refractivity contribution in [3.63, 3.8) is 0 Å². The van der Waals surface area contributed by atoms with E-state index in [0.717, 1.165) is 31.2 Å². The van der Waals surface area contributed by atoms with E-state index in [9.17, 15) is 0 Å². The molecule has 3 rings (SSSR count). The Morgan fingerprint density at radius 1 is 1.10 bits per heavy atom. The van der Waals surface area contributed by atoms with E-state index in [-0.39, 0.29) is 0 Å². The van der Waals surface area contributed by atoms with Crippen molar-refractivity contribution in [2.45, 2.75) is 26.6 Å². The third kappa shape index (κ3) is 4.03. The summed E-state index contributed by atoms with van der Waals surface area (Å²) in [4.78, 5) is 7.94. The summed E-state index contributed by atoms with van der Waals surface area (Å²) >= 11 is 1.79. The average molecular weight is 298 g/mol. The fourth-order valence-electron chi connectivity index (χ4n) is 2.33. The maximum atomic E-state index is 5.72. The number of pyridine rings is 1. The molecule has 0 saturated heterocycles. The topological polar surface area (TPSA) is 29.3 Å². The Morgan fingerprint density at radius 3 is 2.71 bits per heavy atom. The summed E-state index contributed by atoms with van der Waals surface area (Å²) in [6.07, 6.45) is 3.73. The lowest BCUT2D eigenvalue weighted by Gasteiger charge is -2.20. The molecule has 0 amide bonds. The molecule has 0 aromatic carbocycles. The van der Waals surface area contributed by atoms with E-state index < -0.39 is 0 Å². The number of hydrogen-bond acceptors (Lipinski definition) is 4. The monoisotopic (exact) mass is 298 g/mol. The van der Waals surface area contributed by atoms with Crippen LogP contribution in [0.2, 0.25) is 0 Å². The molecule has 3 aromatic heterocycles. The van der Waals surface area contributed by atoms with Gasteiger partial charge < -0.3 is 4.42 Å². The van der Waals surface area contributed by atoms with Crippen LogP contribution in [-0.2, 0) is 19.6 Å². The Kier molecular flexibility index (Phi) is 4.48. The van der Waals surface area contributed by atoms with E-state index >= 15 is 0 Å². The van der Waals surface area contributed by atoms with Gasteiger partial charge in [0, 0.05) is 30.4 Å². The van der Waals surface area contributed by atoms with Gasteiger partial charge in [0.15, 0.2) is 0 Å². The van der Waals surface area contributed by atoms with Gasteiger partial charge in [0.2, 0.25) is 0 Å². The molecule has 3 heterocycles. The van der Waals surface area contributed by atoms with Crippen molar-refractivity contribution in [3.8, 4) is 0 Å². The first-order valence-electron chi connectivity index (χ1n) is 6.98. The number of furan rings is 1. The SMILES string of the molecule is Cc1ccc(CN(Cc2cccnc2)Cc2cccs2)o1. The van der Waals surface area contributed by atoms with Gasteiger partial charge >= 0.3 is 0 Å². The molecule has 0 saturated carbocycles. The molecule has 21 heavy (non-hydrogen) atoms. The molecule has 3 aromatic rings. The van der Waals surface area contributed by atoms with Crippen LogP contribution < -0.4 is 0 Å². The van der Waals surface area contributed by atoms with Crippen LogP contribution in [0.5, 0.6) is 0 Å². The molecular formula is C17H18N2OS. The van der Waals surface area contributed by atoms with Crippen LogP contribution in [0, 0.1) is 6.92 Å². The molecule has 108 valence electrons. The normalized spacial score (nSPS) is 11.1. The van der Waals surface area contributed by atoms with Gasteiger partial charge in [-0.25, -0.2) is 0 Å². The molecule has 4 heteroatoms. The summed E-state index contributed by atoms with van der Waals surface area (Å²) in [6, 6.07) is 12.4. The first kappa shape index (κ1) is 14.0. The summed E-state index contributed by atoms with van der Waals surface area (Å²) < 4.78 is 5.72. The fourth-order valence-corrected chi connectivity index (χ4v) is 3.08. The standard InChI is InChI=1S/C17H18N2OS/c1-14-6-7-16(20-14)12-19(13-17-5-3-9-21-17)11-15-4-2-8-18-10-15/h2-10H,11-13H2,1H3. The van der Waals surface area contributed by atoms with Gasteiger partial charge in [0.25, 0.3) is 0 Å². The maximum absolute atomic E-state index is 5.72. The predicted molar refractivity (Wildman–Crippen MR) is 85.0 cm³/mol. The van der Waals surface area contributed by atoms with Crippen LogP contribution in [0.1, 0.15) is 22.0 Å². The molecule has 0 N–H and O–H groups in total. The number of aromatic nitrogens is 1. The Labute approximate surface area is 128 Å². The summed E-state index contributed by atoms with van der Waals surface area (Å²) in [7, 11) is 0. The van der Waals surface area contributed by atoms with Crippen molar-refractivity contribution in [2.24, 2.45) is 0 Å². The van der Waals surface area contributed by atoms with Gasteiger partial charge in [-0.15, -0.1) is 11.3 Å². The minimum atomic E-state index is 0.806. The third-order valence-electron chi connectivity index (χ3n) is 3.26. The highest BCUT2D eigenvalue weighted by Gasteiger charge is 2.11. The molecule has 0 unspecified atom stereocenters. The van der Waals surface area contributed by atoms with Crippen molar-refractivity contribution in [1.29, 1.82) is 0 Å². The molecule has 0 aliphatic carbocycles. The quantitative estimate of drug-likeness (QED) is 0.681. The highest BCUT2D eigenvalue weighted by atomic mass is 32.1. The Morgan fingerprint density at radius 2 is 2.05 bits per heavy atom. The Balaban J connectivity index is 1.73. The number of rotatable bonds is 6. The first-order chi connectivity index (χ1) is 10.3. The van der Waals surface area contributed by atoms with Crippen molar-refractivity contribution in [3.05, 3.63) is 76.1 Å². The average Bonchev–Trinajstić information content (AvgIpc) is 3.12. The second-order valence-electron chi connectivity index (χ2n) is 5.10. The number of hydrogen-bond donors (Lipinski definition) is 0. The van der Waals surface area contributed by atoms with Crippen LogP contribution in [0.3, 0.4) is 0 Å². The van der Waals surface area contributed by atoms with Crippen LogP contribution >= 0.6 is 11.3 Å². The second kappa shape index (κ2) is 6.70. The van der Waals surface area contributed by atoms with Crippen LogP contribution in [0.15, 0.2) is 58.6 Å². The van der Waals surface area contributed by atoms with Gasteiger partial charge in [0.05, 0.1) is 6.54 Å². The van der Waals surface area contributed by atoms with E-state index in [1.807, 2.05) is 31.5 Å². The molecule has 0 aliphatic heterocycles. The molecule has 0 fully saturated rings. The highest BCUT2D eigenvalue weighted by molar-refractivity contribution is 7.09. The highest BCUT2D eigenvalue weighted by Crippen LogP contribution is 2.18. The zero-order valence-electron chi connectivity index (χ0n) is 12.0. The van der Waals surface area contributed by atoms with Gasteiger partial charge in [-0.05, 0) is 42.1 Å². The maximum Gasteiger partial charge on any atom is 0.118 e. The van der Waals surface area contributed by atoms with Crippen LogP contribution in [-0.4, -0.2) is 9.88 Å². The third-order valence-corrected chi connectivity index (χ3v) is 4.13. The van der Waals surface area contributed by atoms with Gasteiger partial charge in [-0.2, -0.15) is 0 Å². The molecule has 0 atom stereocenters. The first-order valence-corrected chi connectivity index (χ1v) is 7.86. The van der Waals surface area contributed by atoms with E-state index in [1.54, 1.807) is 11.3 Å². The second-order valence-corrected chi connectivity index (χ2v) is 6.13. The fraction of sp³-hybridized carbons (Fsp3) is 0.235. The summed E-state index contributed by atoms with van der Waals surface area (Å²) in [5.41, 5.74) is 1.22. The van der Waals surface area contributed by atoms with E-state index in [4.69, 9.17) is 4.42 Å². The van der Waals surface area contributed by atoms with Gasteiger partial charge in [-0.3, -0.25) is 9.88 Å². The summed E-state index contributed by atoms with van der Waals surface area (Å²) in [6.45, 7) is 4.58. The number of thiophene rings is 1. The van der Waals surface area contributed by atoms with Gasteiger partial charge in [-0.1, -0.05) is 12.1 Å². The Hall–Kier alpha value is -1.91. The van der Waals surface area contributed by atoms with Crippen molar-refractivity contribution in [2.75, 3.05) is 0 Å². The lowest BCUT2D eigenvalue weighted by Crippen LogP contribution is -2.21. The summed E-state index contributed by atoms with van der Waals surface area (Å²) in [5.74, 6) is 1.97. The molecule has 0 spiro atoms. The van der Waals surface area contributed by atoms with Gasteiger partial charge in [0.1, 0.15) is 11.5 Å². The molecule has 0 radical (unpaired) electrons. The molecule has 0 bridgehead atoms. The minimum absolute atomic E-state index is 0.806. The van der Waals surface area contributed by atoms with E-state index in [2.05, 4.69) is 39.5 Å². The van der Waals surface area contributed by atoms with Crippen LogP contribution in [0.25, 0.3) is 0 Å². The smallest absolute Gasteiger partial charge is 0.118 e. The van der Waals surface area contributed by atoms with Crippen LogP contribution in [0.4, 0.5) is 0 Å². The zero-order valence-corrected chi connectivity index (χ0v) is 12.8. The largest absolute Gasteiger partial charge is 0.465 e. The van der Waals surface area contributed by atoms with E-state index in [1.165, 1.54) is 10.4 Å².